The summed E-state index contributed by atoms with van der Waals surface area (Å²) in [6, 6.07) is 18.2. The van der Waals surface area contributed by atoms with E-state index in [0.29, 0.717) is 18.6 Å². The Balaban J connectivity index is 1.38. The van der Waals surface area contributed by atoms with Crippen molar-refractivity contribution in [2.75, 3.05) is 6.54 Å². The summed E-state index contributed by atoms with van der Waals surface area (Å²) in [4.78, 5) is 32.2. The maximum Gasteiger partial charge on any atom is 0.416 e. The molecule has 2 amide bonds. The van der Waals surface area contributed by atoms with Gasteiger partial charge in [-0.15, -0.1) is 0 Å². The van der Waals surface area contributed by atoms with E-state index in [0.717, 1.165) is 22.0 Å². The van der Waals surface area contributed by atoms with E-state index in [1.165, 1.54) is 4.90 Å². The number of aromatic nitrogens is 1. The quantitative estimate of drug-likeness (QED) is 0.247. The van der Waals surface area contributed by atoms with Gasteiger partial charge in [0.1, 0.15) is 0 Å². The lowest BCUT2D eigenvalue weighted by molar-refractivity contribution is -0.143. The highest BCUT2D eigenvalue weighted by Crippen LogP contribution is 2.37. The number of alkyl halides is 6. The molecule has 1 fully saturated rings. The fourth-order valence-corrected chi connectivity index (χ4v) is 5.53. The number of pyridine rings is 1. The number of hydrogen-bond donors (Lipinski definition) is 1. The van der Waals surface area contributed by atoms with Gasteiger partial charge in [0, 0.05) is 35.8 Å². The molecule has 4 aromatic rings. The molecule has 0 radical (unpaired) electrons. The monoisotopic (exact) mass is 599 g/mol. The van der Waals surface area contributed by atoms with Crippen molar-refractivity contribution in [1.82, 2.24) is 15.2 Å². The molecule has 2 atom stereocenters. The summed E-state index contributed by atoms with van der Waals surface area (Å²) in [5, 5.41) is 3.86. The minimum Gasteiger partial charge on any atom is -0.353 e. The Kier molecular flexibility index (Phi) is 8.43. The van der Waals surface area contributed by atoms with Crippen LogP contribution in [0.2, 0.25) is 0 Å². The molecule has 43 heavy (non-hydrogen) atoms. The van der Waals surface area contributed by atoms with Crippen molar-refractivity contribution in [3.05, 3.63) is 113 Å². The predicted molar refractivity (Wildman–Crippen MR) is 148 cm³/mol. The van der Waals surface area contributed by atoms with Crippen molar-refractivity contribution >= 4 is 22.7 Å². The Bertz CT molecular complexity index is 1580. The van der Waals surface area contributed by atoms with Crippen LogP contribution in [0.3, 0.4) is 0 Å². The summed E-state index contributed by atoms with van der Waals surface area (Å²) >= 11 is 0. The van der Waals surface area contributed by atoms with E-state index in [2.05, 4.69) is 10.3 Å². The number of carbonyl (C=O) groups excluding carboxylic acids is 2. The number of nitrogens with zero attached hydrogens (tertiary/aromatic N) is 2. The molecule has 5 rings (SSSR count). The normalized spacial score (nSPS) is 17.6. The molecular weight excluding hydrogens is 572 g/mol. The lowest BCUT2D eigenvalue weighted by Gasteiger charge is -2.40. The van der Waals surface area contributed by atoms with Crippen molar-refractivity contribution in [3.63, 3.8) is 0 Å². The first-order valence-electron chi connectivity index (χ1n) is 13.6. The van der Waals surface area contributed by atoms with Gasteiger partial charge in [-0.25, -0.2) is 0 Å². The highest BCUT2D eigenvalue weighted by atomic mass is 19.4. The fourth-order valence-electron chi connectivity index (χ4n) is 5.53. The van der Waals surface area contributed by atoms with Gasteiger partial charge in [0.05, 0.1) is 23.1 Å². The number of carbonyl (C=O) groups is 2. The van der Waals surface area contributed by atoms with Gasteiger partial charge in [0.15, 0.2) is 0 Å². The molecule has 1 N–H and O–H groups in total. The topological polar surface area (TPSA) is 62.3 Å². The van der Waals surface area contributed by atoms with Gasteiger partial charge in [0.25, 0.3) is 5.91 Å². The summed E-state index contributed by atoms with van der Waals surface area (Å²) in [5.41, 5.74) is -1.40. The van der Waals surface area contributed by atoms with Crippen molar-refractivity contribution in [3.8, 4) is 0 Å². The van der Waals surface area contributed by atoms with E-state index in [1.54, 1.807) is 30.5 Å². The fraction of sp³-hybridized carbons (Fsp3) is 0.281. The number of amides is 2. The lowest BCUT2D eigenvalue weighted by atomic mass is 9.91. The largest absolute Gasteiger partial charge is 0.416 e. The summed E-state index contributed by atoms with van der Waals surface area (Å²) in [6.45, 7) is 0.0388. The van der Waals surface area contributed by atoms with Gasteiger partial charge >= 0.3 is 12.4 Å². The van der Waals surface area contributed by atoms with E-state index >= 15 is 0 Å². The number of para-hydroxylation sites is 1. The lowest BCUT2D eigenvalue weighted by Crippen LogP contribution is -2.53. The summed E-state index contributed by atoms with van der Waals surface area (Å²) in [6.07, 6.45) is -7.56. The molecule has 5 nitrogen and oxygen atoms in total. The van der Waals surface area contributed by atoms with Gasteiger partial charge in [-0.2, -0.15) is 26.3 Å². The average molecular weight is 600 g/mol. The smallest absolute Gasteiger partial charge is 0.353 e. The third-order valence-electron chi connectivity index (χ3n) is 7.58. The van der Waals surface area contributed by atoms with Crippen molar-refractivity contribution in [2.45, 2.75) is 50.1 Å². The van der Waals surface area contributed by atoms with Crippen LogP contribution in [-0.4, -0.2) is 40.3 Å². The molecule has 0 unspecified atom stereocenters. The molecular formula is C32H27F6N3O2. The van der Waals surface area contributed by atoms with E-state index in [4.69, 9.17) is 0 Å². The molecule has 1 aliphatic heterocycles. The van der Waals surface area contributed by atoms with Crippen LogP contribution in [0.25, 0.3) is 10.9 Å². The Labute approximate surface area is 243 Å². The minimum absolute atomic E-state index is 0.00596. The number of piperidine rings is 1. The van der Waals surface area contributed by atoms with Gasteiger partial charge in [-0.3, -0.25) is 14.6 Å². The van der Waals surface area contributed by atoms with E-state index in [1.807, 2.05) is 36.4 Å². The van der Waals surface area contributed by atoms with Crippen LogP contribution >= 0.6 is 0 Å². The standard InChI is InChI=1S/C32H27F6N3O2/c33-31(34,35)23-15-22(16-24(18-23)32(36,37)38)30(43)41-13-11-25(19-26(41)14-20-6-2-1-3-7-20)40-29(42)17-21-10-12-39-28-9-5-4-8-27(21)28/h1-10,12,15-16,18,25-26H,11,13-14,17,19H2,(H,40,42)/t25-,26+/m0/s1. The third-order valence-corrected chi connectivity index (χ3v) is 7.58. The Morgan fingerprint density at radius 3 is 2.19 bits per heavy atom. The number of hydrogen-bond acceptors (Lipinski definition) is 3. The molecule has 0 saturated carbocycles. The zero-order valence-corrected chi connectivity index (χ0v) is 22.8. The number of nitrogens with one attached hydrogen (secondary N) is 1. The predicted octanol–water partition coefficient (Wildman–Crippen LogP) is 6.85. The van der Waals surface area contributed by atoms with E-state index in [-0.39, 0.29) is 43.8 Å². The molecule has 2 heterocycles. The SMILES string of the molecule is O=C(Cc1ccnc2ccccc12)N[C@H]1CCN(C(=O)c2cc(C(F)(F)F)cc(C(F)(F)F)c2)[C@H](Cc2ccccc2)C1. The molecule has 1 aliphatic rings. The molecule has 3 aromatic carbocycles. The molecule has 0 aliphatic carbocycles. The number of benzene rings is 3. The second kappa shape index (κ2) is 12.1. The molecule has 1 aromatic heterocycles. The van der Waals surface area contributed by atoms with Crippen LogP contribution in [0, 0.1) is 0 Å². The first kappa shape index (κ1) is 30.1. The van der Waals surface area contributed by atoms with Gasteiger partial charge in [0.2, 0.25) is 5.91 Å². The minimum atomic E-state index is -5.07. The number of rotatable bonds is 6. The second-order valence-electron chi connectivity index (χ2n) is 10.6. The third kappa shape index (κ3) is 7.15. The number of halogens is 6. The molecule has 0 spiro atoms. The van der Waals surface area contributed by atoms with Gasteiger partial charge in [-0.1, -0.05) is 48.5 Å². The molecule has 11 heteroatoms. The molecule has 224 valence electrons. The van der Waals surface area contributed by atoms with Gasteiger partial charge in [-0.05, 0) is 60.7 Å². The van der Waals surface area contributed by atoms with Crippen molar-refractivity contribution in [2.24, 2.45) is 0 Å². The highest BCUT2D eigenvalue weighted by molar-refractivity contribution is 5.95. The van der Waals surface area contributed by atoms with Crippen LogP contribution in [0.1, 0.15) is 45.5 Å². The van der Waals surface area contributed by atoms with Crippen LogP contribution in [0.5, 0.6) is 0 Å². The number of fused-ring (bicyclic) bond motifs is 1. The molecule has 0 bridgehead atoms. The van der Waals surface area contributed by atoms with Crippen LogP contribution in [0.4, 0.5) is 26.3 Å². The highest BCUT2D eigenvalue weighted by Gasteiger charge is 2.39. The van der Waals surface area contributed by atoms with E-state index < -0.39 is 41.0 Å². The number of likely N-dealkylation sites (tertiary alicyclic amines) is 1. The zero-order chi connectivity index (χ0) is 30.8. The zero-order valence-electron chi connectivity index (χ0n) is 22.8. The maximum absolute atomic E-state index is 13.6. The van der Waals surface area contributed by atoms with E-state index in [9.17, 15) is 35.9 Å². The Morgan fingerprint density at radius 1 is 0.860 bits per heavy atom. The van der Waals surface area contributed by atoms with Crippen LogP contribution in [0.15, 0.2) is 85.1 Å². The maximum atomic E-state index is 13.6. The van der Waals surface area contributed by atoms with Crippen molar-refractivity contribution in [1.29, 1.82) is 0 Å². The van der Waals surface area contributed by atoms with Crippen LogP contribution in [-0.2, 0) is 30.0 Å². The Hall–Kier alpha value is -4.41. The Morgan fingerprint density at radius 2 is 1.51 bits per heavy atom. The summed E-state index contributed by atoms with van der Waals surface area (Å²) in [7, 11) is 0. The average Bonchev–Trinajstić information content (AvgIpc) is 2.96. The summed E-state index contributed by atoms with van der Waals surface area (Å²) < 4.78 is 80.9. The first-order valence-corrected chi connectivity index (χ1v) is 13.6. The van der Waals surface area contributed by atoms with Crippen LogP contribution < -0.4 is 5.32 Å². The summed E-state index contributed by atoms with van der Waals surface area (Å²) in [5.74, 6) is -1.17. The van der Waals surface area contributed by atoms with Crippen molar-refractivity contribution < 1.29 is 35.9 Å². The first-order chi connectivity index (χ1) is 20.4. The van der Waals surface area contributed by atoms with Gasteiger partial charge < -0.3 is 10.2 Å². The molecule has 1 saturated heterocycles. The second-order valence-corrected chi connectivity index (χ2v) is 10.6.